The van der Waals surface area contributed by atoms with Crippen LogP contribution in [0.15, 0.2) is 18.2 Å². The number of nitrogen functional groups attached to an aromatic ring is 1. The fourth-order valence-corrected chi connectivity index (χ4v) is 2.37. The third kappa shape index (κ3) is 2.43. The maximum atomic E-state index is 13.1. The van der Waals surface area contributed by atoms with E-state index in [1.807, 2.05) is 13.0 Å². The lowest BCUT2D eigenvalue weighted by Gasteiger charge is -2.17. The first-order valence-corrected chi connectivity index (χ1v) is 6.36. The molecule has 1 aromatic carbocycles. The minimum Gasteiger partial charge on any atom is -0.323 e. The highest BCUT2D eigenvalue weighted by atomic mass is 19.4. The van der Waals surface area contributed by atoms with Crippen LogP contribution in [0, 0.1) is 6.92 Å². The van der Waals surface area contributed by atoms with Gasteiger partial charge in [-0.05, 0) is 18.9 Å². The largest absolute Gasteiger partial charge is 0.433 e. The Kier molecular flexibility index (Phi) is 3.85. The molecule has 0 aliphatic rings. The molecule has 0 aliphatic carbocycles. The molecule has 6 heteroatoms. The second kappa shape index (κ2) is 5.28. The molecule has 0 spiro atoms. The van der Waals surface area contributed by atoms with E-state index in [0.717, 1.165) is 12.0 Å². The van der Waals surface area contributed by atoms with Gasteiger partial charge in [-0.25, -0.2) is 4.98 Å². The van der Waals surface area contributed by atoms with Crippen molar-refractivity contribution < 1.29 is 13.2 Å². The molecule has 0 atom stereocenters. The summed E-state index contributed by atoms with van der Waals surface area (Å²) in [5.41, 5.74) is 2.95. The van der Waals surface area contributed by atoms with Crippen LogP contribution in [0.2, 0.25) is 0 Å². The van der Waals surface area contributed by atoms with Crippen LogP contribution in [0.5, 0.6) is 0 Å². The Balaban J connectivity index is 2.85. The Morgan fingerprint density at radius 3 is 2.55 bits per heavy atom. The zero-order valence-corrected chi connectivity index (χ0v) is 11.3. The number of nitrogens with zero attached hydrogens (tertiary/aromatic N) is 1. The van der Waals surface area contributed by atoms with Gasteiger partial charge >= 0.3 is 6.18 Å². The number of nitrogens with two attached hydrogens (primary N) is 1. The first-order valence-electron chi connectivity index (χ1n) is 6.36. The van der Waals surface area contributed by atoms with Gasteiger partial charge in [0.05, 0.1) is 11.2 Å². The maximum Gasteiger partial charge on any atom is 0.433 e. The number of rotatable bonds is 3. The quantitative estimate of drug-likeness (QED) is 0.665. The Bertz CT molecular complexity index is 636. The molecule has 20 heavy (non-hydrogen) atoms. The highest BCUT2D eigenvalue weighted by Gasteiger charge is 2.36. The minimum atomic E-state index is -4.50. The monoisotopic (exact) mass is 283 g/mol. The highest BCUT2D eigenvalue weighted by molar-refractivity contribution is 5.95. The van der Waals surface area contributed by atoms with E-state index < -0.39 is 11.9 Å². The van der Waals surface area contributed by atoms with Crippen molar-refractivity contribution in [1.29, 1.82) is 0 Å². The number of pyridine rings is 1. The number of aryl methyl sites for hydroxylation is 1. The van der Waals surface area contributed by atoms with Crippen LogP contribution in [0.3, 0.4) is 0 Å². The van der Waals surface area contributed by atoms with E-state index in [2.05, 4.69) is 10.4 Å². The predicted octanol–water partition coefficient (Wildman–Crippen LogP) is 3.80. The molecule has 0 fully saturated rings. The fourth-order valence-electron chi connectivity index (χ4n) is 2.37. The number of nitrogens with one attached hydrogen (secondary N) is 1. The second-order valence-electron chi connectivity index (χ2n) is 4.67. The Hall–Kier alpha value is -1.82. The van der Waals surface area contributed by atoms with Gasteiger partial charge in [0.25, 0.3) is 0 Å². The highest BCUT2D eigenvalue weighted by Crippen LogP contribution is 2.37. The summed E-state index contributed by atoms with van der Waals surface area (Å²) < 4.78 is 39.2. The molecular formula is C14H16F3N3. The molecule has 0 saturated carbocycles. The van der Waals surface area contributed by atoms with E-state index in [-0.39, 0.29) is 11.3 Å². The van der Waals surface area contributed by atoms with Crippen molar-refractivity contribution >= 4 is 16.6 Å². The van der Waals surface area contributed by atoms with E-state index in [1.54, 1.807) is 12.1 Å². The predicted molar refractivity (Wildman–Crippen MR) is 73.3 cm³/mol. The second-order valence-corrected chi connectivity index (χ2v) is 4.67. The van der Waals surface area contributed by atoms with E-state index in [4.69, 9.17) is 5.84 Å². The summed E-state index contributed by atoms with van der Waals surface area (Å²) in [6.07, 6.45) is -2.99. The number of hydrogen-bond donors (Lipinski definition) is 2. The Labute approximate surface area is 115 Å². The van der Waals surface area contributed by atoms with Crippen molar-refractivity contribution in [3.8, 4) is 0 Å². The molecule has 2 aromatic rings. The smallest absolute Gasteiger partial charge is 0.323 e. The summed E-state index contributed by atoms with van der Waals surface area (Å²) in [6.45, 7) is 3.34. The number of aromatic nitrogens is 1. The van der Waals surface area contributed by atoms with Crippen molar-refractivity contribution in [3.05, 3.63) is 35.0 Å². The molecule has 1 aromatic heterocycles. The first kappa shape index (κ1) is 14.6. The number of hydrogen-bond acceptors (Lipinski definition) is 3. The van der Waals surface area contributed by atoms with Gasteiger partial charge in [0.15, 0.2) is 0 Å². The lowest BCUT2D eigenvalue weighted by Crippen LogP contribution is -2.16. The van der Waals surface area contributed by atoms with Gasteiger partial charge in [-0.2, -0.15) is 13.2 Å². The molecule has 0 amide bonds. The van der Waals surface area contributed by atoms with Crippen LogP contribution in [-0.2, 0) is 12.6 Å². The number of anilines is 1. The lowest BCUT2D eigenvalue weighted by molar-refractivity contribution is -0.141. The molecule has 2 rings (SSSR count). The summed E-state index contributed by atoms with van der Waals surface area (Å²) >= 11 is 0. The van der Waals surface area contributed by atoms with Gasteiger partial charge in [-0.15, -0.1) is 0 Å². The average Bonchev–Trinajstić information content (AvgIpc) is 2.37. The van der Waals surface area contributed by atoms with Gasteiger partial charge in [-0.3, -0.25) is 5.84 Å². The average molecular weight is 283 g/mol. The molecule has 3 nitrogen and oxygen atoms in total. The zero-order valence-electron chi connectivity index (χ0n) is 11.3. The molecule has 0 unspecified atom stereocenters. The molecule has 0 saturated heterocycles. The number of benzene rings is 1. The van der Waals surface area contributed by atoms with Crippen molar-refractivity contribution in [3.63, 3.8) is 0 Å². The molecule has 0 aliphatic heterocycles. The van der Waals surface area contributed by atoms with Gasteiger partial charge < -0.3 is 5.43 Å². The normalized spacial score (nSPS) is 11.9. The SMILES string of the molecule is CCCc1cccc2c(NN)c(C)c(C(F)(F)F)nc12. The van der Waals surface area contributed by atoms with Crippen molar-refractivity contribution in [2.24, 2.45) is 5.84 Å². The number of hydrazine groups is 1. The summed E-state index contributed by atoms with van der Waals surface area (Å²) in [5, 5.41) is 0.615. The van der Waals surface area contributed by atoms with E-state index in [0.29, 0.717) is 17.3 Å². The van der Waals surface area contributed by atoms with Gasteiger partial charge in [0.1, 0.15) is 5.69 Å². The molecule has 0 radical (unpaired) electrons. The summed E-state index contributed by atoms with van der Waals surface area (Å²) in [5.74, 6) is 5.41. The fraction of sp³-hybridized carbons (Fsp3) is 0.357. The van der Waals surface area contributed by atoms with Gasteiger partial charge in [-0.1, -0.05) is 31.5 Å². The summed E-state index contributed by atoms with van der Waals surface area (Å²) in [7, 11) is 0. The topological polar surface area (TPSA) is 50.9 Å². The zero-order chi connectivity index (χ0) is 14.9. The van der Waals surface area contributed by atoms with Crippen LogP contribution < -0.4 is 11.3 Å². The number of para-hydroxylation sites is 1. The van der Waals surface area contributed by atoms with Crippen LogP contribution in [0.4, 0.5) is 18.9 Å². The van der Waals surface area contributed by atoms with Gasteiger partial charge in [0.2, 0.25) is 0 Å². The number of halogens is 3. The summed E-state index contributed by atoms with van der Waals surface area (Å²) in [4.78, 5) is 3.85. The van der Waals surface area contributed by atoms with Crippen molar-refractivity contribution in [2.45, 2.75) is 32.9 Å². The molecule has 3 N–H and O–H groups in total. The molecule has 108 valence electrons. The van der Waals surface area contributed by atoms with E-state index in [9.17, 15) is 13.2 Å². The van der Waals surface area contributed by atoms with Crippen LogP contribution in [0.1, 0.15) is 30.2 Å². The van der Waals surface area contributed by atoms with E-state index >= 15 is 0 Å². The van der Waals surface area contributed by atoms with Crippen LogP contribution in [-0.4, -0.2) is 4.98 Å². The third-order valence-electron chi connectivity index (χ3n) is 3.27. The Morgan fingerprint density at radius 2 is 2.00 bits per heavy atom. The molecule has 1 heterocycles. The standard InChI is InChI=1S/C14H16F3N3/c1-3-5-9-6-4-7-10-11(20-18)8(2)13(14(15,16)17)19-12(9)10/h4,6-7H,3,5,18H2,1-2H3,(H,19,20). The Morgan fingerprint density at radius 1 is 1.30 bits per heavy atom. The van der Waals surface area contributed by atoms with E-state index in [1.165, 1.54) is 6.92 Å². The molecule has 0 bridgehead atoms. The number of fused-ring (bicyclic) bond motifs is 1. The lowest BCUT2D eigenvalue weighted by atomic mass is 10.0. The molecular weight excluding hydrogens is 267 g/mol. The summed E-state index contributed by atoms with van der Waals surface area (Å²) in [6, 6.07) is 5.33. The van der Waals surface area contributed by atoms with Crippen LogP contribution in [0.25, 0.3) is 10.9 Å². The van der Waals surface area contributed by atoms with Gasteiger partial charge in [0, 0.05) is 10.9 Å². The maximum absolute atomic E-state index is 13.1. The van der Waals surface area contributed by atoms with Crippen molar-refractivity contribution in [1.82, 2.24) is 4.98 Å². The number of alkyl halides is 3. The third-order valence-corrected chi connectivity index (χ3v) is 3.27. The minimum absolute atomic E-state index is 0.0150. The van der Waals surface area contributed by atoms with Crippen molar-refractivity contribution in [2.75, 3.05) is 5.43 Å². The first-order chi connectivity index (χ1) is 9.40. The van der Waals surface area contributed by atoms with Crippen LogP contribution >= 0.6 is 0 Å².